The standard InChI is InChI=1S/C12H14N4S/c1-7-14-15-11-6-13-5-9-8-3-2-4-10(8)17-12(9)16(7)11/h13H,2-6H2,1H3. The summed E-state index contributed by atoms with van der Waals surface area (Å²) < 4.78 is 2.23. The molecule has 3 heterocycles. The Balaban J connectivity index is 2.01. The number of fused-ring (bicyclic) bond motifs is 5. The molecule has 0 spiro atoms. The molecule has 0 aromatic carbocycles. The predicted molar refractivity (Wildman–Crippen MR) is 66.5 cm³/mol. The van der Waals surface area contributed by atoms with Crippen LogP contribution in [0.1, 0.15) is 34.1 Å². The molecule has 1 N–H and O–H groups in total. The fourth-order valence-electron chi connectivity index (χ4n) is 2.90. The summed E-state index contributed by atoms with van der Waals surface area (Å²) in [6, 6.07) is 0. The maximum atomic E-state index is 4.26. The first-order valence-electron chi connectivity index (χ1n) is 6.10. The molecule has 2 aromatic rings. The largest absolute Gasteiger partial charge is 0.306 e. The number of aryl methyl sites for hydroxylation is 2. The Kier molecular flexibility index (Phi) is 1.96. The predicted octanol–water partition coefficient (Wildman–Crippen LogP) is 1.73. The van der Waals surface area contributed by atoms with Crippen molar-refractivity contribution in [2.75, 3.05) is 0 Å². The molecule has 88 valence electrons. The first kappa shape index (κ1) is 9.79. The summed E-state index contributed by atoms with van der Waals surface area (Å²) in [5, 5.41) is 13.3. The van der Waals surface area contributed by atoms with E-state index in [1.807, 2.05) is 18.3 Å². The minimum absolute atomic E-state index is 0.816. The van der Waals surface area contributed by atoms with Gasteiger partial charge in [0, 0.05) is 17.0 Å². The number of hydrogen-bond donors (Lipinski definition) is 1. The first-order valence-corrected chi connectivity index (χ1v) is 6.91. The molecule has 2 aromatic heterocycles. The second kappa shape index (κ2) is 3.40. The molecule has 1 aliphatic carbocycles. The van der Waals surface area contributed by atoms with E-state index in [0.29, 0.717) is 0 Å². The smallest absolute Gasteiger partial charge is 0.152 e. The average Bonchev–Trinajstić information content (AvgIpc) is 2.93. The van der Waals surface area contributed by atoms with Crippen LogP contribution in [-0.2, 0) is 25.9 Å². The number of nitrogens with one attached hydrogen (secondary N) is 1. The molecule has 0 fully saturated rings. The fourth-order valence-corrected chi connectivity index (χ4v) is 4.38. The van der Waals surface area contributed by atoms with Crippen LogP contribution in [0.3, 0.4) is 0 Å². The first-order chi connectivity index (χ1) is 8.34. The zero-order valence-electron chi connectivity index (χ0n) is 9.79. The molecule has 4 nitrogen and oxygen atoms in total. The Bertz CT molecular complexity index is 596. The quantitative estimate of drug-likeness (QED) is 0.770. The Hall–Kier alpha value is -1.20. The van der Waals surface area contributed by atoms with E-state index in [9.17, 15) is 0 Å². The molecule has 0 saturated heterocycles. The molecule has 5 heteroatoms. The SMILES string of the molecule is Cc1nnc2n1-c1sc3c(c1CNC2)CCC3. The summed E-state index contributed by atoms with van der Waals surface area (Å²) in [4.78, 5) is 1.58. The van der Waals surface area contributed by atoms with Crippen molar-refractivity contribution < 1.29 is 0 Å². The van der Waals surface area contributed by atoms with Gasteiger partial charge in [-0.15, -0.1) is 21.5 Å². The van der Waals surface area contributed by atoms with Crippen LogP contribution >= 0.6 is 11.3 Å². The zero-order chi connectivity index (χ0) is 11.4. The lowest BCUT2D eigenvalue weighted by molar-refractivity contribution is 0.671. The van der Waals surface area contributed by atoms with Gasteiger partial charge in [-0.2, -0.15) is 0 Å². The summed E-state index contributed by atoms with van der Waals surface area (Å²) in [5.41, 5.74) is 3.09. The molecular weight excluding hydrogens is 232 g/mol. The second-order valence-electron chi connectivity index (χ2n) is 4.74. The molecule has 0 saturated carbocycles. The van der Waals surface area contributed by atoms with Crippen molar-refractivity contribution in [2.24, 2.45) is 0 Å². The van der Waals surface area contributed by atoms with Crippen molar-refractivity contribution in [2.45, 2.75) is 39.3 Å². The van der Waals surface area contributed by atoms with Gasteiger partial charge in [0.05, 0.1) is 6.54 Å². The Labute approximate surface area is 104 Å². The molecule has 4 rings (SSSR count). The van der Waals surface area contributed by atoms with Gasteiger partial charge in [0.15, 0.2) is 5.82 Å². The maximum Gasteiger partial charge on any atom is 0.152 e. The molecular formula is C12H14N4S. The maximum absolute atomic E-state index is 4.26. The molecule has 0 bridgehead atoms. The van der Waals surface area contributed by atoms with E-state index in [-0.39, 0.29) is 0 Å². The van der Waals surface area contributed by atoms with E-state index in [0.717, 1.165) is 24.7 Å². The highest BCUT2D eigenvalue weighted by Crippen LogP contribution is 2.39. The van der Waals surface area contributed by atoms with Crippen LogP contribution in [0, 0.1) is 6.92 Å². The van der Waals surface area contributed by atoms with Crippen LogP contribution in [0.5, 0.6) is 0 Å². The van der Waals surface area contributed by atoms with Crippen LogP contribution in [0.25, 0.3) is 5.00 Å². The number of hydrogen-bond acceptors (Lipinski definition) is 4. The van der Waals surface area contributed by atoms with E-state index < -0.39 is 0 Å². The van der Waals surface area contributed by atoms with Crippen molar-refractivity contribution >= 4 is 11.3 Å². The molecule has 0 unspecified atom stereocenters. The van der Waals surface area contributed by atoms with Crippen molar-refractivity contribution in [3.05, 3.63) is 27.7 Å². The van der Waals surface area contributed by atoms with Gasteiger partial charge in [0.25, 0.3) is 0 Å². The van der Waals surface area contributed by atoms with E-state index in [4.69, 9.17) is 0 Å². The van der Waals surface area contributed by atoms with Crippen LogP contribution < -0.4 is 5.32 Å². The topological polar surface area (TPSA) is 42.7 Å². The lowest BCUT2D eigenvalue weighted by Crippen LogP contribution is -2.12. The highest BCUT2D eigenvalue weighted by Gasteiger charge is 2.26. The normalized spacial score (nSPS) is 17.5. The van der Waals surface area contributed by atoms with Gasteiger partial charge < -0.3 is 5.32 Å². The number of rotatable bonds is 0. The minimum Gasteiger partial charge on any atom is -0.306 e. The molecule has 0 amide bonds. The fraction of sp³-hybridized carbons (Fsp3) is 0.500. The van der Waals surface area contributed by atoms with Crippen LogP contribution in [0.2, 0.25) is 0 Å². The van der Waals surface area contributed by atoms with Crippen LogP contribution in [0.4, 0.5) is 0 Å². The summed E-state index contributed by atoms with van der Waals surface area (Å²) in [6.45, 7) is 3.83. The third-order valence-electron chi connectivity index (χ3n) is 3.69. The minimum atomic E-state index is 0.816. The lowest BCUT2D eigenvalue weighted by Gasteiger charge is -2.05. The Morgan fingerprint density at radius 3 is 3.06 bits per heavy atom. The van der Waals surface area contributed by atoms with Gasteiger partial charge >= 0.3 is 0 Å². The van der Waals surface area contributed by atoms with E-state index in [1.165, 1.54) is 29.8 Å². The van der Waals surface area contributed by atoms with Gasteiger partial charge in [0.2, 0.25) is 0 Å². The zero-order valence-corrected chi connectivity index (χ0v) is 10.6. The van der Waals surface area contributed by atoms with Crippen molar-refractivity contribution in [3.8, 4) is 5.00 Å². The summed E-state index contributed by atoms with van der Waals surface area (Å²) in [6.07, 6.45) is 3.82. The molecule has 17 heavy (non-hydrogen) atoms. The van der Waals surface area contributed by atoms with Gasteiger partial charge in [0.1, 0.15) is 10.8 Å². The Morgan fingerprint density at radius 1 is 1.18 bits per heavy atom. The molecule has 2 aliphatic rings. The third kappa shape index (κ3) is 1.26. The Morgan fingerprint density at radius 2 is 2.12 bits per heavy atom. The number of nitrogens with zero attached hydrogens (tertiary/aromatic N) is 3. The van der Waals surface area contributed by atoms with Gasteiger partial charge in [-0.1, -0.05) is 0 Å². The average molecular weight is 246 g/mol. The van der Waals surface area contributed by atoms with Crippen molar-refractivity contribution in [3.63, 3.8) is 0 Å². The lowest BCUT2D eigenvalue weighted by atomic mass is 10.1. The molecule has 0 atom stereocenters. The molecule has 0 radical (unpaired) electrons. The van der Waals surface area contributed by atoms with E-state index >= 15 is 0 Å². The van der Waals surface area contributed by atoms with Gasteiger partial charge in [-0.05, 0) is 31.7 Å². The molecule has 1 aliphatic heterocycles. The summed E-state index contributed by atoms with van der Waals surface area (Å²) in [5.74, 6) is 2.05. The monoisotopic (exact) mass is 246 g/mol. The van der Waals surface area contributed by atoms with Gasteiger partial charge in [-0.25, -0.2) is 0 Å². The van der Waals surface area contributed by atoms with Crippen LogP contribution in [-0.4, -0.2) is 14.8 Å². The van der Waals surface area contributed by atoms with E-state index in [2.05, 4.69) is 20.1 Å². The summed E-state index contributed by atoms with van der Waals surface area (Å²) in [7, 11) is 0. The van der Waals surface area contributed by atoms with Crippen molar-refractivity contribution in [1.82, 2.24) is 20.1 Å². The highest BCUT2D eigenvalue weighted by atomic mass is 32.1. The highest BCUT2D eigenvalue weighted by molar-refractivity contribution is 7.15. The summed E-state index contributed by atoms with van der Waals surface area (Å²) >= 11 is 1.94. The number of aromatic nitrogens is 3. The third-order valence-corrected chi connectivity index (χ3v) is 5.01. The van der Waals surface area contributed by atoms with Crippen LogP contribution in [0.15, 0.2) is 0 Å². The number of thiophene rings is 1. The van der Waals surface area contributed by atoms with Crippen molar-refractivity contribution in [1.29, 1.82) is 0 Å². The second-order valence-corrected chi connectivity index (χ2v) is 5.83. The van der Waals surface area contributed by atoms with E-state index in [1.54, 1.807) is 10.4 Å². The van der Waals surface area contributed by atoms with Gasteiger partial charge in [-0.3, -0.25) is 4.57 Å².